The van der Waals surface area contributed by atoms with Gasteiger partial charge in [-0.15, -0.1) is 6.42 Å². The molecule has 206 valence electrons. The van der Waals surface area contributed by atoms with Gasteiger partial charge in [-0.2, -0.15) is 4.98 Å². The fraction of sp³-hybridized carbons (Fsp3) is 0.286. The molecule has 4 heterocycles. The molecule has 0 atom stereocenters. The summed E-state index contributed by atoms with van der Waals surface area (Å²) in [5.41, 5.74) is 3.56. The van der Waals surface area contributed by atoms with Crippen molar-refractivity contribution in [1.82, 2.24) is 33.7 Å². The largest absolute Gasteiger partial charge is 0.324 e. The Morgan fingerprint density at radius 2 is 2.00 bits per heavy atom. The maximum atomic E-state index is 13.3. The first-order chi connectivity index (χ1) is 19.2. The first-order valence-electron chi connectivity index (χ1n) is 12.8. The van der Waals surface area contributed by atoms with Crippen molar-refractivity contribution in [2.75, 3.05) is 44.8 Å². The number of nitrogens with zero attached hydrogens (tertiary/aromatic N) is 6. The lowest BCUT2D eigenvalue weighted by atomic mass is 10.0. The Balaban J connectivity index is 1.48. The van der Waals surface area contributed by atoms with E-state index in [1.165, 1.54) is 28.2 Å². The molecule has 40 heavy (non-hydrogen) atoms. The molecule has 0 bridgehead atoms. The summed E-state index contributed by atoms with van der Waals surface area (Å²) in [5, 5.41) is 7.06. The number of nitrogens with one attached hydrogen (secondary N) is 2. The van der Waals surface area contributed by atoms with Gasteiger partial charge in [-0.3, -0.25) is 9.36 Å². The summed E-state index contributed by atoms with van der Waals surface area (Å²) in [6.07, 6.45) is 13.0. The molecule has 0 spiro atoms. The molecule has 5 rings (SSSR count). The Labute approximate surface area is 232 Å². The van der Waals surface area contributed by atoms with Crippen LogP contribution in [0, 0.1) is 12.3 Å². The highest BCUT2D eigenvalue weighted by atomic mass is 32.2. The second kappa shape index (κ2) is 11.4. The minimum atomic E-state index is -3.70. The molecule has 3 aromatic heterocycles. The van der Waals surface area contributed by atoms with Gasteiger partial charge >= 0.3 is 0 Å². The fourth-order valence-corrected chi connectivity index (χ4v) is 5.93. The van der Waals surface area contributed by atoms with Gasteiger partial charge in [0.05, 0.1) is 29.8 Å². The third-order valence-electron chi connectivity index (χ3n) is 6.65. The maximum absolute atomic E-state index is 13.3. The van der Waals surface area contributed by atoms with Gasteiger partial charge in [0.1, 0.15) is 12.0 Å². The van der Waals surface area contributed by atoms with E-state index >= 15 is 0 Å². The minimum Gasteiger partial charge on any atom is -0.324 e. The van der Waals surface area contributed by atoms with Crippen LogP contribution in [-0.2, 0) is 16.6 Å². The second-order valence-corrected chi connectivity index (χ2v) is 11.7. The van der Waals surface area contributed by atoms with Crippen LogP contribution in [0.1, 0.15) is 23.2 Å². The molecule has 2 N–H and O–H groups in total. The molecule has 12 heteroatoms. The summed E-state index contributed by atoms with van der Waals surface area (Å²) in [4.78, 5) is 28.2. The van der Waals surface area contributed by atoms with E-state index in [0.29, 0.717) is 23.3 Å². The number of benzene rings is 1. The van der Waals surface area contributed by atoms with Crippen molar-refractivity contribution >= 4 is 38.3 Å². The molecular formula is C28H30N8O3S. The molecule has 0 saturated carbocycles. The van der Waals surface area contributed by atoms with E-state index in [0.717, 1.165) is 29.2 Å². The molecule has 0 fully saturated rings. The molecule has 1 aromatic carbocycles. The molecule has 1 aliphatic heterocycles. The summed E-state index contributed by atoms with van der Waals surface area (Å²) in [7, 11) is -0.104. The lowest BCUT2D eigenvalue weighted by Gasteiger charge is -2.15. The van der Waals surface area contributed by atoms with Crippen molar-refractivity contribution in [1.29, 1.82) is 0 Å². The van der Waals surface area contributed by atoms with Crippen LogP contribution in [0.2, 0.25) is 0 Å². The molecule has 0 unspecified atom stereocenters. The molecule has 1 aliphatic rings. The monoisotopic (exact) mass is 558 g/mol. The Hall–Kier alpha value is -4.31. The molecule has 0 amide bonds. The molecule has 4 aromatic rings. The number of terminal acetylenes is 1. The number of imidazole rings is 1. The van der Waals surface area contributed by atoms with Crippen LogP contribution in [0.15, 0.2) is 59.9 Å². The van der Waals surface area contributed by atoms with Crippen LogP contribution in [0.3, 0.4) is 0 Å². The van der Waals surface area contributed by atoms with Gasteiger partial charge in [0.15, 0.2) is 0 Å². The van der Waals surface area contributed by atoms with E-state index in [2.05, 4.69) is 37.6 Å². The normalized spacial score (nSPS) is 13.8. The maximum Gasteiger partial charge on any atom is 0.268 e. The molecule has 0 saturated heterocycles. The minimum absolute atomic E-state index is 0.0961. The van der Waals surface area contributed by atoms with Crippen LogP contribution in [0.5, 0.6) is 0 Å². The van der Waals surface area contributed by atoms with Gasteiger partial charge in [0.2, 0.25) is 16.0 Å². The zero-order valence-corrected chi connectivity index (χ0v) is 23.1. The van der Waals surface area contributed by atoms with Gasteiger partial charge in [0, 0.05) is 30.4 Å². The fourth-order valence-electron chi connectivity index (χ4n) is 4.48. The zero-order valence-electron chi connectivity index (χ0n) is 22.3. The lowest BCUT2D eigenvalue weighted by Crippen LogP contribution is -2.29. The predicted molar refractivity (Wildman–Crippen MR) is 156 cm³/mol. The van der Waals surface area contributed by atoms with Crippen LogP contribution >= 0.6 is 0 Å². The van der Waals surface area contributed by atoms with Gasteiger partial charge in [-0.05, 0) is 56.4 Å². The van der Waals surface area contributed by atoms with Crippen molar-refractivity contribution in [2.45, 2.75) is 13.0 Å². The first kappa shape index (κ1) is 27.3. The average Bonchev–Trinajstić information content (AvgIpc) is 3.44. The quantitative estimate of drug-likeness (QED) is 0.296. The SMILES string of the molecule is C#Cc1cc2cnc(Nc3ccc(C4=CCNCC4)cc3)nc2n(Cc2cncn2S(=O)(=O)CCN(C)C)c1=O. The summed E-state index contributed by atoms with van der Waals surface area (Å²) in [6.45, 7) is 2.07. The first-order valence-corrected chi connectivity index (χ1v) is 14.4. The summed E-state index contributed by atoms with van der Waals surface area (Å²) < 4.78 is 28.5. The van der Waals surface area contributed by atoms with E-state index in [4.69, 9.17) is 6.42 Å². The van der Waals surface area contributed by atoms with Crippen LogP contribution in [0.4, 0.5) is 11.6 Å². The van der Waals surface area contributed by atoms with Gasteiger partial charge in [0.25, 0.3) is 5.56 Å². The van der Waals surface area contributed by atoms with Crippen LogP contribution in [0.25, 0.3) is 16.6 Å². The Morgan fingerprint density at radius 3 is 2.70 bits per heavy atom. The van der Waals surface area contributed by atoms with E-state index < -0.39 is 15.6 Å². The zero-order chi connectivity index (χ0) is 28.3. The summed E-state index contributed by atoms with van der Waals surface area (Å²) in [6, 6.07) is 9.57. The third-order valence-corrected chi connectivity index (χ3v) is 8.28. The Bertz CT molecular complexity index is 1780. The third kappa shape index (κ3) is 5.81. The molecule has 0 aliphatic carbocycles. The van der Waals surface area contributed by atoms with Crippen molar-refractivity contribution in [3.05, 3.63) is 82.3 Å². The van der Waals surface area contributed by atoms with Crippen molar-refractivity contribution in [3.63, 3.8) is 0 Å². The second-order valence-electron chi connectivity index (χ2n) is 9.75. The number of hydrogen-bond donors (Lipinski definition) is 2. The van der Waals surface area contributed by atoms with Crippen LogP contribution < -0.4 is 16.2 Å². The Morgan fingerprint density at radius 1 is 1.20 bits per heavy atom. The average molecular weight is 559 g/mol. The number of aromatic nitrogens is 5. The Kier molecular flexibility index (Phi) is 7.79. The summed E-state index contributed by atoms with van der Waals surface area (Å²) >= 11 is 0. The van der Waals surface area contributed by atoms with E-state index in [1.807, 2.05) is 24.3 Å². The molecule has 0 radical (unpaired) electrons. The predicted octanol–water partition coefficient (Wildman–Crippen LogP) is 1.88. The topological polar surface area (TPSA) is 127 Å². The van der Waals surface area contributed by atoms with Gasteiger partial charge < -0.3 is 15.5 Å². The van der Waals surface area contributed by atoms with Crippen LogP contribution in [-0.4, -0.2) is 76.3 Å². The highest BCUT2D eigenvalue weighted by Crippen LogP contribution is 2.23. The van der Waals surface area contributed by atoms with E-state index in [1.54, 1.807) is 31.3 Å². The van der Waals surface area contributed by atoms with Gasteiger partial charge in [-0.25, -0.2) is 22.4 Å². The lowest BCUT2D eigenvalue weighted by molar-refractivity contribution is 0.431. The summed E-state index contributed by atoms with van der Waals surface area (Å²) in [5.74, 6) is 2.60. The number of hydrogen-bond acceptors (Lipinski definition) is 9. The number of pyridine rings is 1. The number of anilines is 2. The van der Waals surface area contributed by atoms with Crippen molar-refractivity contribution in [2.24, 2.45) is 0 Å². The smallest absolute Gasteiger partial charge is 0.268 e. The van der Waals surface area contributed by atoms with Gasteiger partial charge in [-0.1, -0.05) is 24.1 Å². The van der Waals surface area contributed by atoms with E-state index in [-0.39, 0.29) is 23.8 Å². The number of fused-ring (bicyclic) bond motifs is 1. The van der Waals surface area contributed by atoms with E-state index in [9.17, 15) is 13.2 Å². The molecular weight excluding hydrogens is 528 g/mol. The number of rotatable bonds is 9. The highest BCUT2D eigenvalue weighted by molar-refractivity contribution is 7.89. The highest BCUT2D eigenvalue weighted by Gasteiger charge is 2.20. The van der Waals surface area contributed by atoms with Crippen molar-refractivity contribution < 1.29 is 8.42 Å². The standard InChI is InChI=1S/C28H30N8O3S/c1-4-20-15-23-16-31-28(32-24-7-5-21(6-8-24)22-9-11-29-12-10-22)33-26(23)35(27(20)37)18-25-17-30-19-36(25)40(38,39)14-13-34(2)3/h1,5-9,15-17,19,29H,10-14,18H2,2-3H3,(H,31,32,33). The van der Waals surface area contributed by atoms with Crippen molar-refractivity contribution in [3.8, 4) is 12.3 Å². The molecule has 11 nitrogen and oxygen atoms in total.